The molecular formula is C22H22F10N4O. The van der Waals surface area contributed by atoms with Gasteiger partial charge in [-0.1, -0.05) is 19.6 Å². The Morgan fingerprint density at radius 1 is 0.919 bits per heavy atom. The Hall–Kier alpha value is -3.26. The molecule has 206 valence electrons. The molecule has 2 amide bonds. The third-order valence-electron chi connectivity index (χ3n) is 5.60. The first-order chi connectivity index (χ1) is 16.5. The molecule has 1 aromatic heterocycles. The lowest BCUT2D eigenvalue weighted by atomic mass is 9.94. The molecule has 5 nitrogen and oxygen atoms in total. The zero-order valence-electron chi connectivity index (χ0n) is 18.3. The van der Waals surface area contributed by atoms with Gasteiger partial charge in [0.25, 0.3) is 0 Å². The second-order valence-electron chi connectivity index (χ2n) is 8.02. The van der Waals surface area contributed by atoms with E-state index in [1.165, 1.54) is 22.9 Å². The number of pyridine rings is 1. The number of rotatable bonds is 3. The first-order valence-corrected chi connectivity index (χ1v) is 10.2. The number of carbonyl (C=O) groups is 1. The van der Waals surface area contributed by atoms with Crippen LogP contribution in [0.15, 0.2) is 42.6 Å². The van der Waals surface area contributed by atoms with Crippen LogP contribution in [-0.4, -0.2) is 53.9 Å². The highest BCUT2D eigenvalue weighted by Gasteiger charge is 2.73. The van der Waals surface area contributed by atoms with Crippen molar-refractivity contribution in [3.8, 4) is 0 Å². The highest BCUT2D eigenvalue weighted by atomic mass is 19.4. The van der Waals surface area contributed by atoms with Crippen LogP contribution in [0, 0.1) is 0 Å². The Morgan fingerprint density at radius 3 is 1.97 bits per heavy atom. The molecule has 0 saturated carbocycles. The average Bonchev–Trinajstić information content (AvgIpc) is 2.76. The molecule has 1 saturated heterocycles. The van der Waals surface area contributed by atoms with Crippen molar-refractivity contribution in [3.05, 3.63) is 53.7 Å². The number of nitrogens with zero attached hydrogens (tertiary/aromatic N) is 3. The zero-order chi connectivity index (χ0) is 27.1. The van der Waals surface area contributed by atoms with Crippen LogP contribution in [-0.2, 0) is 11.8 Å². The number of hydrogen-bond acceptors (Lipinski definition) is 3. The molecule has 1 atom stereocenters. The fourth-order valence-electron chi connectivity index (χ4n) is 3.79. The van der Waals surface area contributed by atoms with Gasteiger partial charge in [0.1, 0.15) is 5.82 Å². The molecule has 0 unspecified atom stereocenters. The summed E-state index contributed by atoms with van der Waals surface area (Å²) in [6.45, 7) is 1.41. The number of piperazine rings is 1. The standard InChI is InChI=1S/C21H18F10N4O.CH4/c1-12-11-34(16-15(19(23,24)25)3-2-8-32-16)9-10-35(12)17(36)33-14-6-4-13(5-7-14)18(22,20(26,27)28)21(29,30)31;/h2-8,12H,9-11H2,1H3,(H,33,36);1H4/t12-;/m1./s1. The Kier molecular flexibility index (Phi) is 8.30. The molecule has 37 heavy (non-hydrogen) atoms. The number of hydrogen-bond donors (Lipinski definition) is 1. The summed E-state index contributed by atoms with van der Waals surface area (Å²) in [7, 11) is 0. The molecule has 0 spiro atoms. The minimum absolute atomic E-state index is 0. The van der Waals surface area contributed by atoms with E-state index >= 15 is 0 Å². The monoisotopic (exact) mass is 548 g/mol. The predicted molar refractivity (Wildman–Crippen MR) is 115 cm³/mol. The first-order valence-electron chi connectivity index (χ1n) is 10.2. The average molecular weight is 548 g/mol. The first kappa shape index (κ1) is 30.0. The Morgan fingerprint density at radius 2 is 1.49 bits per heavy atom. The van der Waals surface area contributed by atoms with E-state index in [0.29, 0.717) is 12.1 Å². The van der Waals surface area contributed by atoms with Gasteiger partial charge in [-0.2, -0.15) is 39.5 Å². The minimum Gasteiger partial charge on any atom is -0.352 e. The topological polar surface area (TPSA) is 48.5 Å². The fraction of sp³-hybridized carbons (Fsp3) is 0.455. The maximum absolute atomic E-state index is 14.1. The van der Waals surface area contributed by atoms with E-state index in [1.54, 1.807) is 0 Å². The lowest BCUT2D eigenvalue weighted by Gasteiger charge is -2.40. The molecule has 0 bridgehead atoms. The molecule has 1 aliphatic heterocycles. The molecule has 1 N–H and O–H groups in total. The summed E-state index contributed by atoms with van der Waals surface area (Å²) in [5.41, 5.74) is -8.47. The van der Waals surface area contributed by atoms with Gasteiger partial charge in [-0.3, -0.25) is 0 Å². The number of halogens is 10. The van der Waals surface area contributed by atoms with Crippen molar-refractivity contribution in [2.24, 2.45) is 0 Å². The second-order valence-corrected chi connectivity index (χ2v) is 8.02. The van der Waals surface area contributed by atoms with Crippen LogP contribution in [0.2, 0.25) is 0 Å². The van der Waals surface area contributed by atoms with Gasteiger partial charge in [-0.25, -0.2) is 14.2 Å². The van der Waals surface area contributed by atoms with Crippen LogP contribution in [0.1, 0.15) is 25.5 Å². The van der Waals surface area contributed by atoms with Gasteiger partial charge in [0.05, 0.1) is 5.56 Å². The molecule has 2 heterocycles. The van der Waals surface area contributed by atoms with Gasteiger partial charge >= 0.3 is 30.2 Å². The van der Waals surface area contributed by atoms with Crippen molar-refractivity contribution in [1.29, 1.82) is 0 Å². The highest BCUT2D eigenvalue weighted by molar-refractivity contribution is 5.89. The van der Waals surface area contributed by atoms with Crippen LogP contribution in [0.25, 0.3) is 0 Å². The Bertz CT molecular complexity index is 1070. The lowest BCUT2D eigenvalue weighted by molar-refractivity contribution is -0.348. The minimum atomic E-state index is -6.27. The van der Waals surface area contributed by atoms with Crippen LogP contribution < -0.4 is 10.2 Å². The second kappa shape index (κ2) is 10.2. The highest BCUT2D eigenvalue weighted by Crippen LogP contribution is 2.53. The van der Waals surface area contributed by atoms with Gasteiger partial charge in [0, 0.05) is 43.1 Å². The number of anilines is 2. The molecular weight excluding hydrogens is 526 g/mol. The van der Waals surface area contributed by atoms with E-state index in [9.17, 15) is 48.7 Å². The van der Waals surface area contributed by atoms with Crippen molar-refractivity contribution in [3.63, 3.8) is 0 Å². The van der Waals surface area contributed by atoms with Crippen molar-refractivity contribution < 1.29 is 48.7 Å². The summed E-state index contributed by atoms with van der Waals surface area (Å²) < 4.78 is 131. The number of carbonyl (C=O) groups excluding carboxylic acids is 1. The number of aromatic nitrogens is 1. The third kappa shape index (κ3) is 5.85. The Balaban J connectivity index is 0.00000481. The predicted octanol–water partition coefficient (Wildman–Crippen LogP) is 6.77. The summed E-state index contributed by atoms with van der Waals surface area (Å²) in [5.74, 6) is -0.309. The van der Waals surface area contributed by atoms with Crippen LogP contribution in [0.3, 0.4) is 0 Å². The maximum Gasteiger partial charge on any atom is 0.435 e. The van der Waals surface area contributed by atoms with E-state index in [0.717, 1.165) is 12.1 Å². The number of urea groups is 1. The third-order valence-corrected chi connectivity index (χ3v) is 5.60. The van der Waals surface area contributed by atoms with E-state index in [1.807, 2.05) is 0 Å². The van der Waals surface area contributed by atoms with Crippen LogP contribution in [0.4, 0.5) is 60.2 Å². The molecule has 3 rings (SSSR count). The van der Waals surface area contributed by atoms with Gasteiger partial charge < -0.3 is 15.1 Å². The van der Waals surface area contributed by atoms with E-state index < -0.39 is 47.4 Å². The summed E-state index contributed by atoms with van der Waals surface area (Å²) in [6.07, 6.45) is -16.0. The molecule has 1 aromatic carbocycles. The molecule has 0 aliphatic carbocycles. The van der Waals surface area contributed by atoms with E-state index in [-0.39, 0.29) is 50.7 Å². The summed E-state index contributed by atoms with van der Waals surface area (Å²) in [4.78, 5) is 19.0. The summed E-state index contributed by atoms with van der Waals surface area (Å²) >= 11 is 0. The van der Waals surface area contributed by atoms with Crippen molar-refractivity contribution in [2.75, 3.05) is 29.9 Å². The molecule has 15 heteroatoms. The van der Waals surface area contributed by atoms with Gasteiger partial charge in [-0.05, 0) is 31.2 Å². The molecule has 1 fully saturated rings. The number of amides is 2. The zero-order valence-corrected chi connectivity index (χ0v) is 18.3. The fourth-order valence-corrected chi connectivity index (χ4v) is 3.79. The SMILES string of the molecule is C.C[C@@H]1CN(c2ncccc2C(F)(F)F)CCN1C(=O)Nc1ccc(C(F)(C(F)(F)F)C(F)(F)F)cc1. The smallest absolute Gasteiger partial charge is 0.352 e. The lowest BCUT2D eigenvalue weighted by Crippen LogP contribution is -2.55. The van der Waals surface area contributed by atoms with Gasteiger partial charge in [0.15, 0.2) is 0 Å². The van der Waals surface area contributed by atoms with E-state index in [2.05, 4.69) is 10.3 Å². The van der Waals surface area contributed by atoms with Crippen molar-refractivity contribution in [1.82, 2.24) is 9.88 Å². The Labute approximate surface area is 205 Å². The van der Waals surface area contributed by atoms with Gasteiger partial charge in [0.2, 0.25) is 0 Å². The quantitative estimate of drug-likeness (QED) is 0.431. The van der Waals surface area contributed by atoms with Crippen molar-refractivity contribution >= 4 is 17.5 Å². The molecule has 2 aromatic rings. The maximum atomic E-state index is 14.1. The van der Waals surface area contributed by atoms with Crippen LogP contribution >= 0.6 is 0 Å². The van der Waals surface area contributed by atoms with E-state index in [4.69, 9.17) is 0 Å². The van der Waals surface area contributed by atoms with Crippen molar-refractivity contribution in [2.45, 2.75) is 44.6 Å². The summed E-state index contributed by atoms with van der Waals surface area (Å²) in [5, 5.41) is 2.28. The number of nitrogens with one attached hydrogen (secondary N) is 1. The summed E-state index contributed by atoms with van der Waals surface area (Å²) in [6, 6.07) is 2.46. The normalized spacial score (nSPS) is 17.3. The number of benzene rings is 1. The van der Waals surface area contributed by atoms with Crippen LogP contribution in [0.5, 0.6) is 0 Å². The molecule has 1 aliphatic rings. The number of alkyl halides is 10. The molecule has 0 radical (unpaired) electrons. The largest absolute Gasteiger partial charge is 0.435 e. The van der Waals surface area contributed by atoms with Gasteiger partial charge in [-0.15, -0.1) is 0 Å².